The fraction of sp³-hybridized carbons (Fsp3) is 0.632. The fourth-order valence-corrected chi connectivity index (χ4v) is 3.61. The Morgan fingerprint density at radius 3 is 2.42 bits per heavy atom. The lowest BCUT2D eigenvalue weighted by molar-refractivity contribution is -0.122. The quantitative estimate of drug-likeness (QED) is 0.814. The van der Waals surface area contributed by atoms with Crippen molar-refractivity contribution in [2.75, 3.05) is 52.4 Å². The van der Waals surface area contributed by atoms with Crippen molar-refractivity contribution >= 4 is 5.91 Å². The first-order valence-electron chi connectivity index (χ1n) is 9.25. The van der Waals surface area contributed by atoms with Crippen molar-refractivity contribution in [1.29, 1.82) is 0 Å². The van der Waals surface area contributed by atoms with E-state index in [0.717, 1.165) is 37.7 Å². The Morgan fingerprint density at radius 1 is 1.04 bits per heavy atom. The lowest BCUT2D eigenvalue weighted by atomic mass is 9.97. The molecule has 1 aromatic rings. The summed E-state index contributed by atoms with van der Waals surface area (Å²) in [6.45, 7) is 8.91. The van der Waals surface area contributed by atoms with Crippen LogP contribution in [0.15, 0.2) is 30.3 Å². The van der Waals surface area contributed by atoms with Crippen molar-refractivity contribution in [3.8, 4) is 0 Å². The van der Waals surface area contributed by atoms with Gasteiger partial charge < -0.3 is 15.5 Å². The minimum Gasteiger partial charge on any atom is -0.351 e. The van der Waals surface area contributed by atoms with Gasteiger partial charge in [0.2, 0.25) is 5.91 Å². The molecule has 2 N–H and O–H groups in total. The van der Waals surface area contributed by atoms with Gasteiger partial charge in [0, 0.05) is 39.3 Å². The number of nitrogens with one attached hydrogen (secondary N) is 2. The Balaban J connectivity index is 1.32. The summed E-state index contributed by atoms with van der Waals surface area (Å²) in [6, 6.07) is 10.1. The zero-order chi connectivity index (χ0) is 16.6. The van der Waals surface area contributed by atoms with Crippen molar-refractivity contribution in [3.63, 3.8) is 0 Å². The summed E-state index contributed by atoms with van der Waals surface area (Å²) in [6.07, 6.45) is 2.62. The highest BCUT2D eigenvalue weighted by molar-refractivity contribution is 5.78. The number of hydrogen-bond acceptors (Lipinski definition) is 4. The molecule has 2 aliphatic rings. The Morgan fingerprint density at radius 2 is 1.71 bits per heavy atom. The van der Waals surface area contributed by atoms with Crippen molar-refractivity contribution in [3.05, 3.63) is 35.9 Å². The van der Waals surface area contributed by atoms with E-state index in [1.54, 1.807) is 0 Å². The molecular weight excluding hydrogens is 300 g/mol. The van der Waals surface area contributed by atoms with Crippen LogP contribution < -0.4 is 10.6 Å². The van der Waals surface area contributed by atoms with Crippen molar-refractivity contribution in [2.45, 2.75) is 19.4 Å². The van der Waals surface area contributed by atoms with Gasteiger partial charge in [-0.3, -0.25) is 9.69 Å². The average Bonchev–Trinajstić information content (AvgIpc) is 2.63. The molecule has 1 amide bonds. The highest BCUT2D eigenvalue weighted by Gasteiger charge is 2.22. The Kier molecular flexibility index (Phi) is 6.64. The van der Waals surface area contributed by atoms with Gasteiger partial charge in [0.1, 0.15) is 0 Å². The molecule has 3 rings (SSSR count). The standard InChI is InChI=1S/C19H30N4O/c24-19(21-14-17-4-2-1-3-5-17)16-23-12-10-22(11-13-23)15-18-6-8-20-9-7-18/h1-5,18,20H,6-16H2,(H,21,24). The minimum atomic E-state index is 0.130. The molecule has 2 aliphatic heterocycles. The van der Waals surface area contributed by atoms with Gasteiger partial charge in [-0.05, 0) is 37.4 Å². The molecule has 2 saturated heterocycles. The predicted molar refractivity (Wildman–Crippen MR) is 96.8 cm³/mol. The SMILES string of the molecule is O=C(CN1CCN(CC2CCNCC2)CC1)NCc1ccccc1. The maximum atomic E-state index is 12.1. The smallest absolute Gasteiger partial charge is 0.234 e. The molecule has 0 unspecified atom stereocenters. The van der Waals surface area contributed by atoms with Crippen LogP contribution in [0.4, 0.5) is 0 Å². The number of piperazine rings is 1. The Hall–Kier alpha value is -1.43. The van der Waals surface area contributed by atoms with Crippen LogP contribution in [-0.2, 0) is 11.3 Å². The van der Waals surface area contributed by atoms with Crippen LogP contribution in [0.5, 0.6) is 0 Å². The van der Waals surface area contributed by atoms with Crippen molar-refractivity contribution in [1.82, 2.24) is 20.4 Å². The van der Waals surface area contributed by atoms with Crippen molar-refractivity contribution in [2.24, 2.45) is 5.92 Å². The fourth-order valence-electron chi connectivity index (χ4n) is 3.61. The number of benzene rings is 1. The summed E-state index contributed by atoms with van der Waals surface area (Å²) in [4.78, 5) is 17.0. The van der Waals surface area contributed by atoms with Gasteiger partial charge >= 0.3 is 0 Å². The van der Waals surface area contributed by atoms with Gasteiger partial charge in [-0.1, -0.05) is 30.3 Å². The first-order valence-corrected chi connectivity index (χ1v) is 9.25. The molecule has 5 heteroatoms. The molecule has 0 aromatic heterocycles. The van der Waals surface area contributed by atoms with E-state index >= 15 is 0 Å². The number of nitrogens with zero attached hydrogens (tertiary/aromatic N) is 2. The van der Waals surface area contributed by atoms with Gasteiger partial charge in [-0.15, -0.1) is 0 Å². The normalized spacial score (nSPS) is 20.8. The zero-order valence-electron chi connectivity index (χ0n) is 14.5. The number of hydrogen-bond donors (Lipinski definition) is 2. The molecule has 0 bridgehead atoms. The van der Waals surface area contributed by atoms with Gasteiger partial charge in [0.05, 0.1) is 6.54 Å². The van der Waals surface area contributed by atoms with Crippen LogP contribution in [0.3, 0.4) is 0 Å². The molecule has 24 heavy (non-hydrogen) atoms. The second kappa shape index (κ2) is 9.16. The number of amides is 1. The average molecular weight is 330 g/mol. The van der Waals surface area contributed by atoms with Gasteiger partial charge in [-0.25, -0.2) is 0 Å². The molecule has 0 radical (unpaired) electrons. The number of piperidine rings is 1. The van der Waals surface area contributed by atoms with E-state index < -0.39 is 0 Å². The number of carbonyl (C=O) groups excluding carboxylic acids is 1. The topological polar surface area (TPSA) is 47.6 Å². The Bertz CT molecular complexity index is 493. The van der Waals surface area contributed by atoms with E-state index in [2.05, 4.69) is 20.4 Å². The molecule has 0 spiro atoms. The molecule has 0 atom stereocenters. The highest BCUT2D eigenvalue weighted by Crippen LogP contribution is 2.14. The lowest BCUT2D eigenvalue weighted by Gasteiger charge is -2.37. The van der Waals surface area contributed by atoms with Gasteiger partial charge in [0.15, 0.2) is 0 Å². The second-order valence-electron chi connectivity index (χ2n) is 7.03. The molecule has 0 saturated carbocycles. The summed E-state index contributed by atoms with van der Waals surface area (Å²) >= 11 is 0. The molecule has 2 heterocycles. The van der Waals surface area contributed by atoms with E-state index in [1.165, 1.54) is 32.5 Å². The number of carbonyl (C=O) groups is 1. The van der Waals surface area contributed by atoms with E-state index in [0.29, 0.717) is 13.1 Å². The van der Waals surface area contributed by atoms with Crippen LogP contribution in [-0.4, -0.2) is 68.1 Å². The third-order valence-corrected chi connectivity index (χ3v) is 5.14. The summed E-state index contributed by atoms with van der Waals surface area (Å²) in [7, 11) is 0. The largest absolute Gasteiger partial charge is 0.351 e. The zero-order valence-corrected chi connectivity index (χ0v) is 14.5. The highest BCUT2D eigenvalue weighted by atomic mass is 16.2. The van der Waals surface area contributed by atoms with Gasteiger partial charge in [-0.2, -0.15) is 0 Å². The van der Waals surface area contributed by atoms with Gasteiger partial charge in [0.25, 0.3) is 0 Å². The monoisotopic (exact) mass is 330 g/mol. The minimum absolute atomic E-state index is 0.130. The Labute approximate surface area is 145 Å². The van der Waals surface area contributed by atoms with E-state index in [4.69, 9.17) is 0 Å². The first kappa shape index (κ1) is 17.4. The van der Waals surface area contributed by atoms with E-state index in [-0.39, 0.29) is 5.91 Å². The van der Waals surface area contributed by atoms with Crippen LogP contribution in [0.25, 0.3) is 0 Å². The first-order chi connectivity index (χ1) is 11.8. The molecule has 0 aliphatic carbocycles. The van der Waals surface area contributed by atoms with E-state index in [1.807, 2.05) is 30.3 Å². The molecule has 5 nitrogen and oxygen atoms in total. The van der Waals surface area contributed by atoms with Crippen LogP contribution >= 0.6 is 0 Å². The summed E-state index contributed by atoms with van der Waals surface area (Å²) < 4.78 is 0. The molecule has 2 fully saturated rings. The molecular formula is C19H30N4O. The van der Waals surface area contributed by atoms with Crippen LogP contribution in [0.2, 0.25) is 0 Å². The molecule has 132 valence electrons. The summed E-state index contributed by atoms with van der Waals surface area (Å²) in [5, 5.41) is 6.46. The van der Waals surface area contributed by atoms with Crippen LogP contribution in [0, 0.1) is 5.92 Å². The maximum absolute atomic E-state index is 12.1. The summed E-state index contributed by atoms with van der Waals surface area (Å²) in [5.74, 6) is 0.984. The summed E-state index contributed by atoms with van der Waals surface area (Å²) in [5.41, 5.74) is 1.15. The predicted octanol–water partition coefficient (Wildman–Crippen LogP) is 0.920. The lowest BCUT2D eigenvalue weighted by Crippen LogP contribution is -2.50. The molecule has 1 aromatic carbocycles. The maximum Gasteiger partial charge on any atom is 0.234 e. The third-order valence-electron chi connectivity index (χ3n) is 5.14. The second-order valence-corrected chi connectivity index (χ2v) is 7.03. The number of rotatable bonds is 6. The van der Waals surface area contributed by atoms with E-state index in [9.17, 15) is 4.79 Å². The van der Waals surface area contributed by atoms with Crippen molar-refractivity contribution < 1.29 is 4.79 Å². The van der Waals surface area contributed by atoms with Crippen LogP contribution in [0.1, 0.15) is 18.4 Å². The third kappa shape index (κ3) is 5.58.